The summed E-state index contributed by atoms with van der Waals surface area (Å²) >= 11 is 3.34. The van der Waals surface area contributed by atoms with Crippen molar-refractivity contribution in [1.82, 2.24) is 4.98 Å². The summed E-state index contributed by atoms with van der Waals surface area (Å²) in [4.78, 5) is 5.60. The maximum atomic E-state index is 11.0. The minimum atomic E-state index is -3.95. The molecule has 2 aromatic heterocycles. The molecule has 0 atom stereocenters. The zero-order chi connectivity index (χ0) is 21.4. The van der Waals surface area contributed by atoms with Gasteiger partial charge in [0.25, 0.3) is 15.9 Å². The molecule has 2 aliphatic heterocycles. The van der Waals surface area contributed by atoms with Gasteiger partial charge in [-0.1, -0.05) is 35.2 Å². The lowest BCUT2D eigenvalue weighted by Gasteiger charge is -2.06. The van der Waals surface area contributed by atoms with Crippen LogP contribution in [0.1, 0.15) is 22.0 Å². The molecule has 0 fully saturated rings. The fraction of sp³-hybridized carbons (Fsp3) is 0.190. The van der Waals surface area contributed by atoms with Gasteiger partial charge in [0.2, 0.25) is 0 Å². The van der Waals surface area contributed by atoms with Crippen molar-refractivity contribution in [3.05, 3.63) is 63.1 Å². The molecule has 4 heterocycles. The van der Waals surface area contributed by atoms with E-state index in [1.807, 2.05) is 34.9 Å². The van der Waals surface area contributed by atoms with Crippen molar-refractivity contribution in [2.24, 2.45) is 0 Å². The number of aryl methyl sites for hydroxylation is 1. The molecule has 0 unspecified atom stereocenters. The number of aromatic nitrogens is 2. The Kier molecular flexibility index (Phi) is 5.39. The van der Waals surface area contributed by atoms with Crippen molar-refractivity contribution < 1.29 is 22.3 Å². The molecule has 0 radical (unpaired) electrons. The third kappa shape index (κ3) is 4.42. The Hall–Kier alpha value is -2.53. The van der Waals surface area contributed by atoms with E-state index in [0.717, 1.165) is 38.0 Å². The lowest BCUT2D eigenvalue weighted by molar-refractivity contribution is -0.603. The van der Waals surface area contributed by atoms with Crippen LogP contribution in [0.4, 0.5) is 5.69 Å². The van der Waals surface area contributed by atoms with Gasteiger partial charge in [0, 0.05) is 23.5 Å². The molecule has 3 aromatic rings. The van der Waals surface area contributed by atoms with Crippen LogP contribution in [0.25, 0.3) is 18.0 Å². The van der Waals surface area contributed by atoms with Crippen LogP contribution in [-0.2, 0) is 16.5 Å². The molecule has 1 aromatic carbocycles. The predicted molar refractivity (Wildman–Crippen MR) is 123 cm³/mol. The van der Waals surface area contributed by atoms with E-state index in [1.54, 1.807) is 23.1 Å². The van der Waals surface area contributed by atoms with Crippen LogP contribution < -0.4 is 14.6 Å². The maximum absolute atomic E-state index is 11.0. The number of nitrogens with zero attached hydrogens (tertiary/aromatic N) is 1. The number of fused-ring (bicyclic) bond motifs is 2. The molecule has 0 amide bonds. The number of aromatic amines is 1. The molecule has 5 rings (SSSR count). The first-order chi connectivity index (χ1) is 15.0. The number of ether oxygens (including phenoxy) is 1. The second-order valence-electron chi connectivity index (χ2n) is 7.15. The summed E-state index contributed by atoms with van der Waals surface area (Å²) in [6.45, 7) is 0.514. The first kappa shape index (κ1) is 20.4. The molecule has 31 heavy (non-hydrogen) atoms. The van der Waals surface area contributed by atoms with Gasteiger partial charge in [-0.2, -0.15) is 13.0 Å². The number of benzene rings is 1. The third-order valence-electron chi connectivity index (χ3n) is 4.87. The number of hydrogen-bond acceptors (Lipinski definition) is 6. The van der Waals surface area contributed by atoms with Crippen LogP contribution in [0.3, 0.4) is 0 Å². The Balaban J connectivity index is 1.46. The number of anilines is 1. The number of thioether (sulfide) groups is 1. The summed E-state index contributed by atoms with van der Waals surface area (Å²) in [6, 6.07) is 12.1. The van der Waals surface area contributed by atoms with Gasteiger partial charge in [-0.3, -0.25) is 4.55 Å². The van der Waals surface area contributed by atoms with Crippen molar-refractivity contribution >= 4 is 51.1 Å². The summed E-state index contributed by atoms with van der Waals surface area (Å²) in [5.74, 6) is 1.38. The Morgan fingerprint density at radius 2 is 2.10 bits per heavy atom. The first-order valence-electron chi connectivity index (χ1n) is 9.73. The fourth-order valence-corrected chi connectivity index (χ4v) is 6.12. The summed E-state index contributed by atoms with van der Waals surface area (Å²) in [7, 11) is -3.95. The minimum Gasteiger partial charge on any atom is -0.457 e. The average molecular weight is 475 g/mol. The van der Waals surface area contributed by atoms with Crippen molar-refractivity contribution in [1.29, 1.82) is 0 Å². The standard InChI is InChI=1S/C21H19N3O4S3/c25-31(26,27)12-4-5-14-9-10-18(22-14)24-20(30-17-8-3-11-28-21(17)24)13-19-23-15-6-1-2-7-16(15)29-19/h1-3,6-10,13,22H,4-5,11-12H2,(H,25,26,27)/p+1. The maximum Gasteiger partial charge on any atom is 0.308 e. The smallest absolute Gasteiger partial charge is 0.308 e. The van der Waals surface area contributed by atoms with Crippen LogP contribution in [0, 0.1) is 0 Å². The quantitative estimate of drug-likeness (QED) is 0.368. The number of H-pyrrole nitrogens is 1. The van der Waals surface area contributed by atoms with E-state index >= 15 is 0 Å². The van der Waals surface area contributed by atoms with Crippen LogP contribution >= 0.6 is 23.1 Å². The molecule has 160 valence electrons. The molecule has 0 saturated heterocycles. The Morgan fingerprint density at radius 1 is 1.23 bits per heavy atom. The van der Waals surface area contributed by atoms with E-state index < -0.39 is 10.1 Å². The molecule has 3 N–H and O–H groups in total. The topological polar surface area (TPSA) is 95.3 Å². The summed E-state index contributed by atoms with van der Waals surface area (Å²) < 4.78 is 38.9. The van der Waals surface area contributed by atoms with E-state index in [0.29, 0.717) is 19.4 Å². The van der Waals surface area contributed by atoms with Crippen molar-refractivity contribution in [2.75, 3.05) is 17.7 Å². The molecule has 0 spiro atoms. The number of thiazole rings is 1. The van der Waals surface area contributed by atoms with Gasteiger partial charge in [0.05, 0.1) is 16.5 Å². The molecular formula is C21H20N3O4S3+. The van der Waals surface area contributed by atoms with Crippen molar-refractivity contribution in [2.45, 2.75) is 17.7 Å². The zero-order valence-electron chi connectivity index (χ0n) is 16.4. The van der Waals surface area contributed by atoms with E-state index in [-0.39, 0.29) is 5.75 Å². The normalized spacial score (nSPS) is 16.1. The highest BCUT2D eigenvalue weighted by Gasteiger charge is 2.28. The highest BCUT2D eigenvalue weighted by atomic mass is 32.2. The van der Waals surface area contributed by atoms with Crippen LogP contribution in [0.15, 0.2) is 52.4 Å². The number of para-hydroxylation sites is 1. The first-order valence-corrected chi connectivity index (χ1v) is 13.0. The molecule has 0 saturated carbocycles. The largest absolute Gasteiger partial charge is 0.457 e. The SMILES string of the molecule is O=S(=O)(O)CCCc1ccc(-[n+]2c(C=C3Nc4ccccc4S3)sc3c2OCC=C3)[nH]1. The van der Waals surface area contributed by atoms with Gasteiger partial charge >= 0.3 is 5.88 Å². The molecule has 10 heteroatoms. The molecule has 2 aliphatic rings. The zero-order valence-corrected chi connectivity index (χ0v) is 18.8. The number of hydrogen-bond donors (Lipinski definition) is 3. The van der Waals surface area contributed by atoms with Crippen LogP contribution in [0.2, 0.25) is 0 Å². The molecule has 7 nitrogen and oxygen atoms in total. The van der Waals surface area contributed by atoms with Gasteiger partial charge in [-0.25, -0.2) is 4.98 Å². The molecular weight excluding hydrogens is 454 g/mol. The van der Waals surface area contributed by atoms with E-state index in [9.17, 15) is 8.42 Å². The van der Waals surface area contributed by atoms with E-state index in [2.05, 4.69) is 34.6 Å². The van der Waals surface area contributed by atoms with Gasteiger partial charge < -0.3 is 10.1 Å². The van der Waals surface area contributed by atoms with E-state index in [1.165, 1.54) is 4.90 Å². The van der Waals surface area contributed by atoms with E-state index in [4.69, 9.17) is 9.29 Å². The summed E-state index contributed by atoms with van der Waals surface area (Å²) in [5, 5.41) is 5.50. The lowest BCUT2D eigenvalue weighted by Crippen LogP contribution is -2.35. The monoisotopic (exact) mass is 474 g/mol. The van der Waals surface area contributed by atoms with Gasteiger partial charge in [-0.05, 0) is 36.8 Å². The van der Waals surface area contributed by atoms with Crippen molar-refractivity contribution in [3.8, 4) is 11.7 Å². The second kappa shape index (κ2) is 8.19. The third-order valence-corrected chi connectivity index (χ3v) is 7.73. The number of nitrogens with one attached hydrogen (secondary N) is 2. The number of rotatable bonds is 6. The van der Waals surface area contributed by atoms with Gasteiger partial charge in [0.1, 0.15) is 17.2 Å². The fourth-order valence-electron chi connectivity index (χ4n) is 3.52. The Bertz CT molecular complexity index is 1280. The average Bonchev–Trinajstić information content (AvgIpc) is 3.42. The summed E-state index contributed by atoms with van der Waals surface area (Å²) in [6.07, 6.45) is 7.05. The van der Waals surface area contributed by atoms with Crippen LogP contribution in [0.5, 0.6) is 5.88 Å². The lowest BCUT2D eigenvalue weighted by atomic mass is 10.3. The van der Waals surface area contributed by atoms with Gasteiger partial charge in [0.15, 0.2) is 5.01 Å². The predicted octanol–water partition coefficient (Wildman–Crippen LogP) is 4.10. The summed E-state index contributed by atoms with van der Waals surface area (Å²) in [5.41, 5.74) is 2.00. The second-order valence-corrected chi connectivity index (χ2v) is 10.9. The highest BCUT2D eigenvalue weighted by Crippen LogP contribution is 2.42. The molecule has 0 bridgehead atoms. The van der Waals surface area contributed by atoms with Gasteiger partial charge in [-0.15, -0.1) is 0 Å². The highest BCUT2D eigenvalue weighted by molar-refractivity contribution is 8.03. The molecule has 0 aliphatic carbocycles. The van der Waals surface area contributed by atoms with Crippen LogP contribution in [-0.4, -0.2) is 30.3 Å². The Morgan fingerprint density at radius 3 is 2.94 bits per heavy atom. The minimum absolute atomic E-state index is 0.253. The van der Waals surface area contributed by atoms with Crippen molar-refractivity contribution in [3.63, 3.8) is 0 Å². The Labute approximate surface area is 188 Å².